The summed E-state index contributed by atoms with van der Waals surface area (Å²) in [6.45, 7) is 10.3. The van der Waals surface area contributed by atoms with Crippen LogP contribution >= 0.6 is 0 Å². The third kappa shape index (κ3) is 9.69. The van der Waals surface area contributed by atoms with Gasteiger partial charge in [0.1, 0.15) is 0 Å². The van der Waals surface area contributed by atoms with Gasteiger partial charge in [-0.1, -0.05) is 35.9 Å². The van der Waals surface area contributed by atoms with Crippen molar-refractivity contribution < 1.29 is 13.0 Å². The van der Waals surface area contributed by atoms with E-state index in [9.17, 15) is 4.80 Å². The largest absolute Gasteiger partial charge is 0.476 e. The lowest BCUT2D eigenvalue weighted by molar-refractivity contribution is 0.264. The molecule has 0 spiro atoms. The van der Waals surface area contributed by atoms with Crippen LogP contribution in [0.15, 0.2) is 22.5 Å². The van der Waals surface area contributed by atoms with Gasteiger partial charge >= 0.3 is 8.80 Å². The molecule has 0 rings (SSSR count). The molecule has 0 aliphatic carbocycles. The van der Waals surface area contributed by atoms with E-state index < -0.39 is 28.3 Å². The molecule has 0 atom stereocenters. The first-order chi connectivity index (χ1) is 7.89. The molecule has 100 valence electrons. The van der Waals surface area contributed by atoms with Crippen LogP contribution in [0.4, 0.5) is 0 Å². The van der Waals surface area contributed by atoms with Crippen molar-refractivity contribution in [2.45, 2.75) is 47.1 Å². The van der Waals surface area contributed by atoms with Gasteiger partial charge in [0.15, 0.2) is 19.5 Å². The molecule has 0 heterocycles. The first-order valence-electron chi connectivity index (χ1n) is 6.16. The van der Waals surface area contributed by atoms with E-state index in [4.69, 9.17) is 8.23 Å². The highest BCUT2D eigenvalue weighted by Crippen LogP contribution is 2.11. The number of rotatable bonds is 8. The second-order valence-corrected chi connectivity index (χ2v) is 10.4. The molecule has 0 saturated heterocycles. The monoisotopic (exact) mass is 290 g/mol. The van der Waals surface area contributed by atoms with E-state index in [0.29, 0.717) is 6.04 Å². The smallest absolute Gasteiger partial charge is 0.418 e. The summed E-state index contributed by atoms with van der Waals surface area (Å²) in [7, 11) is -4.41. The second kappa shape index (κ2) is 9.01. The average Bonchev–Trinajstić information content (AvgIpc) is 2.16. The van der Waals surface area contributed by atoms with E-state index in [1.165, 1.54) is 11.1 Å². The minimum Gasteiger partial charge on any atom is -0.418 e. The molecule has 0 aliphatic rings. The van der Waals surface area contributed by atoms with Crippen LogP contribution in [0.3, 0.4) is 0 Å². The van der Waals surface area contributed by atoms with Gasteiger partial charge in [-0.05, 0) is 27.7 Å². The van der Waals surface area contributed by atoms with Crippen molar-refractivity contribution in [3.05, 3.63) is 22.5 Å². The molecule has 0 aromatic carbocycles. The van der Waals surface area contributed by atoms with Crippen LogP contribution in [0.1, 0.15) is 41.0 Å². The van der Waals surface area contributed by atoms with Gasteiger partial charge in [0.05, 0.1) is 0 Å². The van der Waals surface area contributed by atoms with Crippen molar-refractivity contribution in [3.8, 4) is 0 Å². The van der Waals surface area contributed by atoms with E-state index in [1.54, 1.807) is 0 Å². The van der Waals surface area contributed by atoms with Crippen molar-refractivity contribution in [3.63, 3.8) is 0 Å². The Morgan fingerprint density at radius 2 is 1.47 bits per heavy atom. The highest BCUT2D eigenvalue weighted by atomic mass is 28.4. The maximum atomic E-state index is 10.3. The molecule has 17 heavy (non-hydrogen) atoms. The Balaban J connectivity index is 4.24. The zero-order chi connectivity index (χ0) is 13.3. The standard InChI is InChI=1S/C11H26O3Si3/c1-6-7-17(12,13-15-8-10(2)3)14-16-9-11(4)5/h8-9,12H,6-7,15-16H2,1-5H3. The van der Waals surface area contributed by atoms with Gasteiger partial charge in [0, 0.05) is 6.04 Å². The van der Waals surface area contributed by atoms with Gasteiger partial charge in [-0.15, -0.1) is 0 Å². The van der Waals surface area contributed by atoms with E-state index in [-0.39, 0.29) is 0 Å². The minimum absolute atomic E-state index is 0.681. The zero-order valence-electron chi connectivity index (χ0n) is 11.7. The Hall–Kier alpha value is 0.0106. The predicted octanol–water partition coefficient (Wildman–Crippen LogP) is 1.38. The van der Waals surface area contributed by atoms with Crippen LogP contribution in [-0.4, -0.2) is 33.1 Å². The van der Waals surface area contributed by atoms with Crippen molar-refractivity contribution >= 4 is 28.3 Å². The van der Waals surface area contributed by atoms with Crippen molar-refractivity contribution in [2.75, 3.05) is 0 Å². The molecule has 0 amide bonds. The third-order valence-corrected chi connectivity index (χ3v) is 10.2. The highest BCUT2D eigenvalue weighted by molar-refractivity contribution is 6.70. The van der Waals surface area contributed by atoms with Gasteiger partial charge in [0.2, 0.25) is 0 Å². The Morgan fingerprint density at radius 1 is 1.06 bits per heavy atom. The van der Waals surface area contributed by atoms with Crippen molar-refractivity contribution in [1.82, 2.24) is 0 Å². The summed E-state index contributed by atoms with van der Waals surface area (Å²) < 4.78 is 11.4. The normalized spacial score (nSPS) is 15.4. The molecule has 0 aromatic rings. The summed E-state index contributed by atoms with van der Waals surface area (Å²) in [5.41, 5.74) is 6.73. The highest BCUT2D eigenvalue weighted by Gasteiger charge is 2.33. The molecule has 0 bridgehead atoms. The Bertz CT molecular complexity index is 247. The van der Waals surface area contributed by atoms with Crippen molar-refractivity contribution in [1.29, 1.82) is 0 Å². The lowest BCUT2D eigenvalue weighted by Gasteiger charge is -2.23. The molecule has 1 N–H and O–H groups in total. The molecular formula is C11H26O3Si3. The number of allylic oxidation sites excluding steroid dienone is 2. The molecule has 0 aliphatic heterocycles. The van der Waals surface area contributed by atoms with Crippen molar-refractivity contribution in [2.24, 2.45) is 0 Å². The maximum Gasteiger partial charge on any atom is 0.476 e. The van der Waals surface area contributed by atoms with Gasteiger partial charge in [0.25, 0.3) is 0 Å². The summed E-state index contributed by atoms with van der Waals surface area (Å²) >= 11 is 0. The van der Waals surface area contributed by atoms with Crippen LogP contribution in [0.5, 0.6) is 0 Å². The Labute approximate surface area is 111 Å². The summed E-state index contributed by atoms with van der Waals surface area (Å²) in [6.07, 6.45) is 0.912. The fourth-order valence-corrected chi connectivity index (χ4v) is 7.47. The summed E-state index contributed by atoms with van der Waals surface area (Å²) in [5.74, 6) is 0. The quantitative estimate of drug-likeness (QED) is 0.686. The predicted molar refractivity (Wildman–Crippen MR) is 81.2 cm³/mol. The summed E-state index contributed by atoms with van der Waals surface area (Å²) in [4.78, 5) is 10.3. The van der Waals surface area contributed by atoms with Gasteiger partial charge in [-0.2, -0.15) is 0 Å². The van der Waals surface area contributed by atoms with Crippen LogP contribution in [0.2, 0.25) is 6.04 Å². The van der Waals surface area contributed by atoms with Crippen LogP contribution in [0.25, 0.3) is 0 Å². The van der Waals surface area contributed by atoms with E-state index in [2.05, 4.69) is 46.0 Å². The van der Waals surface area contributed by atoms with Gasteiger partial charge in [-0.3, -0.25) is 0 Å². The minimum atomic E-state index is -2.85. The molecule has 6 heteroatoms. The summed E-state index contributed by atoms with van der Waals surface area (Å²) in [6, 6.07) is 0.681. The Morgan fingerprint density at radius 3 is 1.76 bits per heavy atom. The zero-order valence-corrected chi connectivity index (χ0v) is 15.6. The molecular weight excluding hydrogens is 264 g/mol. The average molecular weight is 291 g/mol. The maximum absolute atomic E-state index is 10.3. The first kappa shape index (κ1) is 17.0. The molecule has 0 saturated carbocycles. The second-order valence-electron chi connectivity index (χ2n) is 4.65. The topological polar surface area (TPSA) is 38.7 Å². The van der Waals surface area contributed by atoms with E-state index in [0.717, 1.165) is 6.42 Å². The third-order valence-electron chi connectivity index (χ3n) is 2.17. The van der Waals surface area contributed by atoms with E-state index in [1.807, 2.05) is 0 Å². The Kier molecular flexibility index (Phi) is 9.01. The van der Waals surface area contributed by atoms with Crippen LogP contribution in [0, 0.1) is 0 Å². The number of hydrogen-bond acceptors (Lipinski definition) is 3. The lowest BCUT2D eigenvalue weighted by Crippen LogP contribution is -2.44. The molecule has 0 aromatic heterocycles. The molecule has 0 unspecified atom stereocenters. The SMILES string of the molecule is CCC[Si](O)(O[SiH2]C=C(C)C)O[SiH2]C=C(C)C. The van der Waals surface area contributed by atoms with E-state index >= 15 is 0 Å². The number of hydrogen-bond donors (Lipinski definition) is 1. The summed E-state index contributed by atoms with van der Waals surface area (Å²) in [5, 5.41) is 0. The fraction of sp³-hybridized carbons (Fsp3) is 0.636. The van der Waals surface area contributed by atoms with Crippen LogP contribution < -0.4 is 0 Å². The lowest BCUT2D eigenvalue weighted by atomic mass is 10.4. The first-order valence-corrected chi connectivity index (χ1v) is 10.9. The van der Waals surface area contributed by atoms with Crippen LogP contribution in [-0.2, 0) is 8.23 Å². The van der Waals surface area contributed by atoms with Gasteiger partial charge in [-0.25, -0.2) is 0 Å². The molecule has 0 fully saturated rings. The fourth-order valence-electron chi connectivity index (χ4n) is 1.18. The van der Waals surface area contributed by atoms with Gasteiger partial charge < -0.3 is 13.0 Å². The molecule has 0 radical (unpaired) electrons. The molecule has 3 nitrogen and oxygen atoms in total.